The second kappa shape index (κ2) is 4.17. The van der Waals surface area contributed by atoms with Gasteiger partial charge < -0.3 is 4.74 Å². The van der Waals surface area contributed by atoms with Gasteiger partial charge in [0.1, 0.15) is 12.4 Å². The summed E-state index contributed by atoms with van der Waals surface area (Å²) in [5.74, 6) is 0.0692. The third-order valence-corrected chi connectivity index (χ3v) is 1.43. The third kappa shape index (κ3) is 2.80. The Morgan fingerprint density at radius 2 is 2.14 bits per heavy atom. The minimum absolute atomic E-state index is 0.0692. The van der Waals surface area contributed by atoms with E-state index in [1.54, 1.807) is 0 Å². The first kappa shape index (κ1) is 10.6. The van der Waals surface area contributed by atoms with E-state index in [9.17, 15) is 13.2 Å². The number of alkyl halides is 3. The van der Waals surface area contributed by atoms with Crippen molar-refractivity contribution < 1.29 is 17.9 Å². The Morgan fingerprint density at radius 1 is 1.43 bits per heavy atom. The maximum atomic E-state index is 12.2. The summed E-state index contributed by atoms with van der Waals surface area (Å²) in [5, 5.41) is 0. The van der Waals surface area contributed by atoms with Gasteiger partial charge in [-0.1, -0.05) is 18.7 Å². The minimum Gasteiger partial charge on any atom is -0.489 e. The summed E-state index contributed by atoms with van der Waals surface area (Å²) in [6.45, 7) is 3.55. The van der Waals surface area contributed by atoms with Crippen LogP contribution in [0.5, 0.6) is 5.75 Å². The van der Waals surface area contributed by atoms with Crippen LogP contribution >= 0.6 is 0 Å². The standard InChI is InChI=1S/C10H8F3O/c1-2-6-14-9-5-3-4-8(7-9)10(11,12)13/h2-5H,1,6H2. The Hall–Kier alpha value is -1.45. The molecular weight excluding hydrogens is 193 g/mol. The quantitative estimate of drug-likeness (QED) is 0.683. The number of ether oxygens (including phenoxy) is 1. The summed E-state index contributed by atoms with van der Waals surface area (Å²) >= 11 is 0. The Bertz CT molecular complexity index is 317. The number of hydrogen-bond acceptors (Lipinski definition) is 1. The summed E-state index contributed by atoms with van der Waals surface area (Å²) in [5.41, 5.74) is -0.834. The van der Waals surface area contributed by atoms with E-state index < -0.39 is 11.7 Å². The monoisotopic (exact) mass is 201 g/mol. The van der Waals surface area contributed by atoms with E-state index in [-0.39, 0.29) is 12.4 Å². The average molecular weight is 201 g/mol. The van der Waals surface area contributed by atoms with Gasteiger partial charge >= 0.3 is 6.18 Å². The van der Waals surface area contributed by atoms with Gasteiger partial charge in [-0.15, -0.1) is 0 Å². The van der Waals surface area contributed by atoms with Crippen LogP contribution in [0.1, 0.15) is 5.56 Å². The van der Waals surface area contributed by atoms with Crippen molar-refractivity contribution >= 4 is 0 Å². The van der Waals surface area contributed by atoms with Gasteiger partial charge in [-0.2, -0.15) is 13.2 Å². The van der Waals surface area contributed by atoms with Crippen molar-refractivity contribution in [3.8, 4) is 5.75 Å². The first-order valence-electron chi connectivity index (χ1n) is 3.87. The maximum absolute atomic E-state index is 12.2. The fourth-order valence-electron chi connectivity index (χ4n) is 0.846. The molecule has 1 rings (SSSR count). The van der Waals surface area contributed by atoms with Gasteiger partial charge in [0.25, 0.3) is 0 Å². The van der Waals surface area contributed by atoms with E-state index in [1.807, 2.05) is 0 Å². The van der Waals surface area contributed by atoms with E-state index in [4.69, 9.17) is 4.74 Å². The van der Waals surface area contributed by atoms with Gasteiger partial charge in [-0.3, -0.25) is 0 Å². The predicted molar refractivity (Wildman–Crippen MR) is 46.0 cm³/mol. The predicted octanol–water partition coefficient (Wildman–Crippen LogP) is 3.07. The van der Waals surface area contributed by atoms with Crippen LogP contribution in [0.2, 0.25) is 0 Å². The fraction of sp³-hybridized carbons (Fsp3) is 0.200. The van der Waals surface area contributed by atoms with Crippen molar-refractivity contribution in [2.75, 3.05) is 6.61 Å². The van der Waals surface area contributed by atoms with Crippen molar-refractivity contribution in [3.63, 3.8) is 0 Å². The Balaban J connectivity index is 2.84. The Kier molecular flexibility index (Phi) is 3.17. The fourth-order valence-corrected chi connectivity index (χ4v) is 0.846. The highest BCUT2D eigenvalue weighted by Crippen LogP contribution is 2.30. The molecule has 14 heavy (non-hydrogen) atoms. The zero-order valence-corrected chi connectivity index (χ0v) is 7.27. The van der Waals surface area contributed by atoms with E-state index in [0.29, 0.717) is 0 Å². The third-order valence-electron chi connectivity index (χ3n) is 1.43. The zero-order valence-electron chi connectivity index (χ0n) is 7.27. The van der Waals surface area contributed by atoms with Gasteiger partial charge in [0.15, 0.2) is 0 Å². The lowest BCUT2D eigenvalue weighted by molar-refractivity contribution is -0.137. The minimum atomic E-state index is -4.38. The van der Waals surface area contributed by atoms with Crippen molar-refractivity contribution in [1.29, 1.82) is 0 Å². The van der Waals surface area contributed by atoms with Crippen molar-refractivity contribution in [2.24, 2.45) is 0 Å². The lowest BCUT2D eigenvalue weighted by atomic mass is 10.2. The molecule has 1 radical (unpaired) electrons. The molecule has 0 heterocycles. The van der Waals surface area contributed by atoms with Gasteiger partial charge in [0, 0.05) is 6.07 Å². The van der Waals surface area contributed by atoms with Gasteiger partial charge in [-0.25, -0.2) is 0 Å². The smallest absolute Gasteiger partial charge is 0.417 e. The number of halogens is 3. The molecule has 0 bridgehead atoms. The summed E-state index contributed by atoms with van der Waals surface area (Å²) in [6, 6.07) is 5.76. The van der Waals surface area contributed by atoms with Crippen LogP contribution in [0, 0.1) is 6.07 Å². The van der Waals surface area contributed by atoms with Crippen LogP contribution in [0.15, 0.2) is 30.9 Å². The molecule has 0 unspecified atom stereocenters. The van der Waals surface area contributed by atoms with Crippen LogP contribution in [0.25, 0.3) is 0 Å². The van der Waals surface area contributed by atoms with Crippen molar-refractivity contribution in [3.05, 3.63) is 42.5 Å². The average Bonchev–Trinajstić information content (AvgIpc) is 2.14. The van der Waals surface area contributed by atoms with Gasteiger partial charge in [0.05, 0.1) is 5.56 Å². The number of benzene rings is 1. The molecule has 0 aromatic heterocycles. The largest absolute Gasteiger partial charge is 0.489 e. The SMILES string of the molecule is C=CCOc1[c]c(C(F)(F)F)ccc1. The summed E-state index contributed by atoms with van der Waals surface area (Å²) in [7, 11) is 0. The molecule has 4 heteroatoms. The Morgan fingerprint density at radius 3 is 2.71 bits per heavy atom. The number of rotatable bonds is 3. The molecule has 1 aromatic rings. The van der Waals surface area contributed by atoms with Gasteiger partial charge in [-0.05, 0) is 12.1 Å². The lowest BCUT2D eigenvalue weighted by Crippen LogP contribution is -2.05. The van der Waals surface area contributed by atoms with Crippen molar-refractivity contribution in [2.45, 2.75) is 6.18 Å². The molecule has 75 valence electrons. The van der Waals surface area contributed by atoms with E-state index in [1.165, 1.54) is 18.2 Å². The zero-order chi connectivity index (χ0) is 10.6. The van der Waals surface area contributed by atoms with Crippen LogP contribution in [-0.2, 0) is 6.18 Å². The second-order valence-corrected chi connectivity index (χ2v) is 2.53. The summed E-state index contributed by atoms with van der Waals surface area (Å²) in [6.07, 6.45) is -2.93. The topological polar surface area (TPSA) is 9.23 Å². The molecule has 0 aliphatic rings. The molecule has 0 saturated heterocycles. The van der Waals surface area contributed by atoms with E-state index in [0.717, 1.165) is 6.07 Å². The van der Waals surface area contributed by atoms with Crippen LogP contribution < -0.4 is 4.74 Å². The summed E-state index contributed by atoms with van der Waals surface area (Å²) < 4.78 is 41.5. The normalized spacial score (nSPS) is 11.1. The molecule has 0 aliphatic heterocycles. The first-order chi connectivity index (χ1) is 6.54. The summed E-state index contributed by atoms with van der Waals surface area (Å²) in [4.78, 5) is 0. The van der Waals surface area contributed by atoms with E-state index in [2.05, 4.69) is 12.6 Å². The highest BCUT2D eigenvalue weighted by atomic mass is 19.4. The molecule has 0 aliphatic carbocycles. The highest BCUT2D eigenvalue weighted by Gasteiger charge is 2.30. The molecule has 0 saturated carbocycles. The molecule has 0 amide bonds. The molecule has 1 aromatic carbocycles. The molecule has 0 atom stereocenters. The molecule has 1 nitrogen and oxygen atoms in total. The number of hydrogen-bond donors (Lipinski definition) is 0. The molecule has 0 N–H and O–H groups in total. The lowest BCUT2D eigenvalue weighted by Gasteiger charge is -2.08. The van der Waals surface area contributed by atoms with Gasteiger partial charge in [0.2, 0.25) is 0 Å². The highest BCUT2D eigenvalue weighted by molar-refractivity contribution is 5.28. The first-order valence-corrected chi connectivity index (χ1v) is 3.87. The van der Waals surface area contributed by atoms with E-state index >= 15 is 0 Å². The maximum Gasteiger partial charge on any atom is 0.417 e. The van der Waals surface area contributed by atoms with Crippen LogP contribution in [0.4, 0.5) is 13.2 Å². The van der Waals surface area contributed by atoms with Crippen LogP contribution in [0.3, 0.4) is 0 Å². The van der Waals surface area contributed by atoms with Crippen molar-refractivity contribution in [1.82, 2.24) is 0 Å². The molecule has 0 fully saturated rings. The molecule has 0 spiro atoms. The Labute approximate surface area is 79.8 Å². The molecular formula is C10H8F3O. The van der Waals surface area contributed by atoms with Crippen LogP contribution in [-0.4, -0.2) is 6.61 Å². The second-order valence-electron chi connectivity index (χ2n) is 2.53.